The lowest BCUT2D eigenvalue weighted by molar-refractivity contribution is -0.113. The van der Waals surface area contributed by atoms with E-state index in [0.717, 1.165) is 17.6 Å². The Kier molecular flexibility index (Phi) is 2.05. The fourth-order valence-electron chi connectivity index (χ4n) is 1.11. The lowest BCUT2D eigenvalue weighted by atomic mass is 10.1. The van der Waals surface area contributed by atoms with Crippen LogP contribution in [0.25, 0.3) is 0 Å². The second-order valence-corrected chi connectivity index (χ2v) is 2.37. The van der Waals surface area contributed by atoms with Gasteiger partial charge < -0.3 is 0 Å². The van der Waals surface area contributed by atoms with Crippen LogP contribution in [0.4, 0.5) is 0 Å². The van der Waals surface area contributed by atoms with Gasteiger partial charge in [-0.1, -0.05) is 19.1 Å². The molecule has 0 N–H and O–H groups in total. The number of carbonyl (C=O) groups excluding carboxylic acids is 1. The first-order chi connectivity index (χ1) is 4.75. The maximum atomic E-state index is 10.9. The van der Waals surface area contributed by atoms with Crippen LogP contribution in [0.1, 0.15) is 20.3 Å². The van der Waals surface area contributed by atoms with Crippen molar-refractivity contribution in [3.05, 3.63) is 29.7 Å². The topological polar surface area (TPSA) is 17.1 Å². The van der Waals surface area contributed by atoms with Gasteiger partial charge in [0.2, 0.25) is 0 Å². The van der Waals surface area contributed by atoms with Crippen molar-refractivity contribution in [3.8, 4) is 0 Å². The molecule has 0 amide bonds. The van der Waals surface area contributed by atoms with Gasteiger partial charge in [0, 0.05) is 12.0 Å². The van der Waals surface area contributed by atoms with E-state index in [9.17, 15) is 4.79 Å². The van der Waals surface area contributed by atoms with Gasteiger partial charge in [-0.05, 0) is 18.9 Å². The highest BCUT2D eigenvalue weighted by molar-refractivity contribution is 5.98. The summed E-state index contributed by atoms with van der Waals surface area (Å²) < 4.78 is 0. The van der Waals surface area contributed by atoms with Gasteiger partial charge in [-0.3, -0.25) is 4.79 Å². The van der Waals surface area contributed by atoms with Crippen LogP contribution in [0.15, 0.2) is 23.3 Å². The van der Waals surface area contributed by atoms with Crippen molar-refractivity contribution in [2.24, 2.45) is 0 Å². The van der Waals surface area contributed by atoms with Crippen LogP contribution in [-0.4, -0.2) is 5.78 Å². The Morgan fingerprint density at radius 2 is 2.30 bits per heavy atom. The smallest absolute Gasteiger partial charge is 0.156 e. The Hall–Kier alpha value is -0.850. The van der Waals surface area contributed by atoms with E-state index in [0.29, 0.717) is 0 Å². The van der Waals surface area contributed by atoms with Gasteiger partial charge in [-0.15, -0.1) is 0 Å². The number of ketones is 1. The maximum absolute atomic E-state index is 10.9. The Morgan fingerprint density at radius 1 is 1.60 bits per heavy atom. The van der Waals surface area contributed by atoms with Crippen molar-refractivity contribution in [1.29, 1.82) is 0 Å². The van der Waals surface area contributed by atoms with E-state index in [1.807, 2.05) is 18.6 Å². The molecule has 53 valence electrons. The van der Waals surface area contributed by atoms with Crippen molar-refractivity contribution in [1.82, 2.24) is 0 Å². The molecule has 0 aromatic carbocycles. The molecular weight excluding hydrogens is 124 g/mol. The third kappa shape index (κ3) is 1.18. The fraction of sp³-hybridized carbons (Fsp3) is 0.333. The van der Waals surface area contributed by atoms with Crippen LogP contribution in [-0.2, 0) is 4.79 Å². The molecule has 1 radical (unpaired) electrons. The lowest BCUT2D eigenvalue weighted by Crippen LogP contribution is -1.96. The van der Waals surface area contributed by atoms with Crippen molar-refractivity contribution in [3.63, 3.8) is 0 Å². The van der Waals surface area contributed by atoms with E-state index in [2.05, 4.69) is 6.92 Å². The molecule has 0 saturated carbocycles. The standard InChI is InChI=1S/C9H11O/c1-3-8-5-4-6-9(8)7(2)10/h4-6H,3H2,1-2H3. The Labute approximate surface area is 61.4 Å². The molecule has 1 nitrogen and oxygen atoms in total. The normalized spacial score (nSPS) is 16.6. The summed E-state index contributed by atoms with van der Waals surface area (Å²) in [6.45, 7) is 3.66. The van der Waals surface area contributed by atoms with Crippen molar-refractivity contribution in [2.75, 3.05) is 0 Å². The minimum atomic E-state index is 0.168. The lowest BCUT2D eigenvalue weighted by Gasteiger charge is -1.97. The van der Waals surface area contributed by atoms with Gasteiger partial charge in [0.25, 0.3) is 0 Å². The third-order valence-corrected chi connectivity index (χ3v) is 1.67. The predicted molar refractivity (Wildman–Crippen MR) is 41.4 cm³/mol. The molecule has 1 aliphatic rings. The zero-order valence-corrected chi connectivity index (χ0v) is 6.35. The molecule has 0 aliphatic heterocycles. The van der Waals surface area contributed by atoms with Crippen LogP contribution in [0, 0.1) is 6.42 Å². The molecule has 0 fully saturated rings. The summed E-state index contributed by atoms with van der Waals surface area (Å²) in [5.41, 5.74) is 2.04. The van der Waals surface area contributed by atoms with Gasteiger partial charge in [0.05, 0.1) is 0 Å². The largest absolute Gasteiger partial charge is 0.295 e. The molecule has 1 rings (SSSR count). The highest BCUT2D eigenvalue weighted by Gasteiger charge is 2.10. The quantitative estimate of drug-likeness (QED) is 0.566. The number of allylic oxidation sites excluding steroid dienone is 4. The van der Waals surface area contributed by atoms with Crippen molar-refractivity contribution in [2.45, 2.75) is 20.3 Å². The fourth-order valence-corrected chi connectivity index (χ4v) is 1.11. The van der Waals surface area contributed by atoms with Crippen LogP contribution < -0.4 is 0 Å². The summed E-state index contributed by atoms with van der Waals surface area (Å²) in [5.74, 6) is 0.168. The molecule has 10 heavy (non-hydrogen) atoms. The maximum Gasteiger partial charge on any atom is 0.156 e. The van der Waals surface area contributed by atoms with Gasteiger partial charge in [0.15, 0.2) is 5.78 Å². The van der Waals surface area contributed by atoms with Crippen molar-refractivity contribution >= 4 is 5.78 Å². The highest BCUT2D eigenvalue weighted by atomic mass is 16.1. The Balaban J connectivity index is 2.85. The van der Waals surface area contributed by atoms with E-state index in [1.54, 1.807) is 6.92 Å². The zero-order valence-electron chi connectivity index (χ0n) is 6.35. The second-order valence-electron chi connectivity index (χ2n) is 2.37. The summed E-state index contributed by atoms with van der Waals surface area (Å²) >= 11 is 0. The molecule has 0 saturated heterocycles. The molecular formula is C9H11O. The number of hydrogen-bond acceptors (Lipinski definition) is 1. The van der Waals surface area contributed by atoms with E-state index >= 15 is 0 Å². The SMILES string of the molecule is CCC1=C(C(C)=O)[CH]C=C1. The molecule has 0 atom stereocenters. The minimum absolute atomic E-state index is 0.168. The van der Waals surface area contributed by atoms with Crippen LogP contribution in [0.5, 0.6) is 0 Å². The van der Waals surface area contributed by atoms with Gasteiger partial charge in [0.1, 0.15) is 0 Å². The van der Waals surface area contributed by atoms with E-state index < -0.39 is 0 Å². The summed E-state index contributed by atoms with van der Waals surface area (Å²) in [7, 11) is 0. The highest BCUT2D eigenvalue weighted by Crippen LogP contribution is 2.20. The van der Waals surface area contributed by atoms with Gasteiger partial charge >= 0.3 is 0 Å². The molecule has 0 bridgehead atoms. The molecule has 0 heterocycles. The Bertz CT molecular complexity index is 209. The van der Waals surface area contributed by atoms with Gasteiger partial charge in [-0.25, -0.2) is 0 Å². The van der Waals surface area contributed by atoms with E-state index in [1.165, 1.54) is 0 Å². The molecule has 0 aromatic rings. The average molecular weight is 135 g/mol. The third-order valence-electron chi connectivity index (χ3n) is 1.67. The number of rotatable bonds is 2. The molecule has 0 aromatic heterocycles. The van der Waals surface area contributed by atoms with E-state index in [4.69, 9.17) is 0 Å². The monoisotopic (exact) mass is 135 g/mol. The molecule has 1 aliphatic carbocycles. The van der Waals surface area contributed by atoms with E-state index in [-0.39, 0.29) is 5.78 Å². The predicted octanol–water partition coefficient (Wildman–Crippen LogP) is 2.06. The minimum Gasteiger partial charge on any atom is -0.295 e. The van der Waals surface area contributed by atoms with Crippen LogP contribution >= 0.6 is 0 Å². The number of Topliss-reactive ketones (excluding diaryl/α,β-unsaturated/α-hetero) is 1. The number of carbonyl (C=O) groups is 1. The van der Waals surface area contributed by atoms with Crippen molar-refractivity contribution < 1.29 is 4.79 Å². The van der Waals surface area contributed by atoms with Crippen LogP contribution in [0.3, 0.4) is 0 Å². The first-order valence-electron chi connectivity index (χ1n) is 3.51. The molecule has 0 unspecified atom stereocenters. The first-order valence-corrected chi connectivity index (χ1v) is 3.51. The summed E-state index contributed by atoms with van der Waals surface area (Å²) in [4.78, 5) is 10.9. The van der Waals surface area contributed by atoms with Crippen LogP contribution in [0.2, 0.25) is 0 Å². The second kappa shape index (κ2) is 2.82. The average Bonchev–Trinajstić information content (AvgIpc) is 2.33. The summed E-state index contributed by atoms with van der Waals surface area (Å²) in [5, 5.41) is 0. The first kappa shape index (κ1) is 7.26. The molecule has 0 spiro atoms. The number of hydrogen-bond donors (Lipinski definition) is 0. The summed E-state index contributed by atoms with van der Waals surface area (Å²) in [6, 6.07) is 0. The summed E-state index contributed by atoms with van der Waals surface area (Å²) in [6.07, 6.45) is 6.75. The Morgan fingerprint density at radius 3 is 2.70 bits per heavy atom. The van der Waals surface area contributed by atoms with Gasteiger partial charge in [-0.2, -0.15) is 0 Å². The molecule has 1 heteroatoms. The zero-order chi connectivity index (χ0) is 7.56.